The Morgan fingerprint density at radius 2 is 1.62 bits per heavy atom. The average Bonchev–Trinajstić information content (AvgIpc) is 2.57. The predicted octanol–water partition coefficient (Wildman–Crippen LogP) is 3.55. The Labute approximate surface area is 158 Å². The zero-order valence-electron chi connectivity index (χ0n) is 16.9. The van der Waals surface area contributed by atoms with Crippen molar-refractivity contribution in [3.8, 4) is 0 Å². The fraction of sp³-hybridized carbons (Fsp3) is 0.632. The molecule has 0 aliphatic carbocycles. The molecule has 1 rings (SSSR count). The van der Waals surface area contributed by atoms with Crippen LogP contribution >= 0.6 is 0 Å². The van der Waals surface area contributed by atoms with Crippen LogP contribution in [0.1, 0.15) is 48.0 Å². The molecule has 0 spiro atoms. The van der Waals surface area contributed by atoms with Crippen molar-refractivity contribution < 1.29 is 13.2 Å². The van der Waals surface area contributed by atoms with E-state index in [4.69, 9.17) is 0 Å². The van der Waals surface area contributed by atoms with Crippen LogP contribution in [0, 0.1) is 5.92 Å². The summed E-state index contributed by atoms with van der Waals surface area (Å²) in [7, 11) is -3.57. The monoisotopic (exact) mass is 383 g/mol. The van der Waals surface area contributed by atoms with E-state index in [0.29, 0.717) is 25.2 Å². The van der Waals surface area contributed by atoms with Crippen LogP contribution in [0.3, 0.4) is 0 Å². The Morgan fingerprint density at radius 3 is 2.08 bits per heavy atom. The molecule has 1 N–H and O–H groups in total. The highest BCUT2D eigenvalue weighted by Gasteiger charge is 2.24. The second-order valence-electron chi connectivity index (χ2n) is 6.59. The number of nitrogens with zero attached hydrogens (tertiary/aromatic N) is 2. The molecular weight excluding hydrogens is 350 g/mol. The number of anilines is 2. The first-order valence-corrected chi connectivity index (χ1v) is 10.8. The molecule has 0 heterocycles. The third kappa shape index (κ3) is 5.45. The molecule has 0 aromatic heterocycles. The van der Waals surface area contributed by atoms with Crippen molar-refractivity contribution in [1.82, 2.24) is 4.31 Å². The molecule has 148 valence electrons. The lowest BCUT2D eigenvalue weighted by molar-refractivity contribution is -0.116. The van der Waals surface area contributed by atoms with E-state index in [9.17, 15) is 13.2 Å². The van der Waals surface area contributed by atoms with Crippen LogP contribution < -0.4 is 10.2 Å². The molecule has 0 aliphatic heterocycles. The van der Waals surface area contributed by atoms with Crippen LogP contribution in [0.2, 0.25) is 0 Å². The SMILES string of the molecule is CCN(CC)c1ccc(S(=O)(=O)N(CC)CC)cc1NC(=O)CC(C)C. The average molecular weight is 384 g/mol. The summed E-state index contributed by atoms with van der Waals surface area (Å²) in [6.45, 7) is 14.0. The first kappa shape index (κ1) is 22.4. The van der Waals surface area contributed by atoms with Gasteiger partial charge < -0.3 is 10.2 Å². The second-order valence-corrected chi connectivity index (χ2v) is 8.52. The van der Waals surface area contributed by atoms with E-state index in [2.05, 4.69) is 10.2 Å². The van der Waals surface area contributed by atoms with Crippen molar-refractivity contribution >= 4 is 27.3 Å². The number of hydrogen-bond acceptors (Lipinski definition) is 4. The second kappa shape index (κ2) is 9.92. The van der Waals surface area contributed by atoms with Gasteiger partial charge >= 0.3 is 0 Å². The van der Waals surface area contributed by atoms with E-state index < -0.39 is 10.0 Å². The lowest BCUT2D eigenvalue weighted by Gasteiger charge is -2.26. The maximum Gasteiger partial charge on any atom is 0.243 e. The summed E-state index contributed by atoms with van der Waals surface area (Å²) in [5.41, 5.74) is 1.39. The summed E-state index contributed by atoms with van der Waals surface area (Å²) in [4.78, 5) is 14.6. The summed E-state index contributed by atoms with van der Waals surface area (Å²) in [5, 5.41) is 2.91. The Balaban J connectivity index is 3.38. The van der Waals surface area contributed by atoms with Crippen molar-refractivity contribution in [1.29, 1.82) is 0 Å². The highest BCUT2D eigenvalue weighted by molar-refractivity contribution is 7.89. The fourth-order valence-corrected chi connectivity index (χ4v) is 4.39. The van der Waals surface area contributed by atoms with Gasteiger partial charge in [0.2, 0.25) is 15.9 Å². The minimum Gasteiger partial charge on any atom is -0.370 e. The summed E-state index contributed by atoms with van der Waals surface area (Å²) in [5.74, 6) is 0.125. The summed E-state index contributed by atoms with van der Waals surface area (Å²) >= 11 is 0. The zero-order chi connectivity index (χ0) is 19.9. The number of nitrogens with one attached hydrogen (secondary N) is 1. The van der Waals surface area contributed by atoms with E-state index in [1.807, 2.05) is 41.5 Å². The fourth-order valence-electron chi connectivity index (χ4n) is 2.90. The maximum atomic E-state index is 12.8. The van der Waals surface area contributed by atoms with E-state index in [-0.39, 0.29) is 16.7 Å². The molecular formula is C19H33N3O3S. The van der Waals surface area contributed by atoms with E-state index in [1.54, 1.807) is 18.2 Å². The molecule has 0 bridgehead atoms. The molecule has 26 heavy (non-hydrogen) atoms. The van der Waals surface area contributed by atoms with Gasteiger partial charge in [0, 0.05) is 32.6 Å². The van der Waals surface area contributed by atoms with E-state index in [1.165, 1.54) is 4.31 Å². The number of benzene rings is 1. The van der Waals surface area contributed by atoms with Crippen LogP contribution in [0.5, 0.6) is 0 Å². The van der Waals surface area contributed by atoms with Gasteiger partial charge in [-0.15, -0.1) is 0 Å². The van der Waals surface area contributed by atoms with Crippen LogP contribution in [0.15, 0.2) is 23.1 Å². The number of rotatable bonds is 10. The summed E-state index contributed by atoms with van der Waals surface area (Å²) in [6, 6.07) is 4.99. The number of carbonyl (C=O) groups excluding carboxylic acids is 1. The first-order chi connectivity index (χ1) is 12.2. The first-order valence-electron chi connectivity index (χ1n) is 9.40. The number of amides is 1. The number of sulfonamides is 1. The van der Waals surface area contributed by atoms with Crippen LogP contribution in [-0.4, -0.2) is 44.8 Å². The van der Waals surface area contributed by atoms with Crippen LogP contribution in [0.4, 0.5) is 11.4 Å². The standard InChI is InChI=1S/C19H33N3O3S/c1-7-21(8-2)18-12-11-16(26(24,25)22(9-3)10-4)14-17(18)20-19(23)13-15(5)6/h11-12,14-15H,7-10,13H2,1-6H3,(H,20,23). The molecule has 1 aromatic carbocycles. The van der Waals surface area contributed by atoms with Crippen molar-refractivity contribution in [2.75, 3.05) is 36.4 Å². The highest BCUT2D eigenvalue weighted by Crippen LogP contribution is 2.30. The maximum absolute atomic E-state index is 12.8. The molecule has 7 heteroatoms. The minimum atomic E-state index is -3.57. The Hall–Kier alpha value is -1.60. The number of carbonyl (C=O) groups is 1. The molecule has 0 unspecified atom stereocenters. The molecule has 6 nitrogen and oxygen atoms in total. The van der Waals surface area contributed by atoms with Crippen molar-refractivity contribution in [2.24, 2.45) is 5.92 Å². The van der Waals surface area contributed by atoms with Gasteiger partial charge in [-0.05, 0) is 38.0 Å². The highest BCUT2D eigenvalue weighted by atomic mass is 32.2. The molecule has 1 amide bonds. The Morgan fingerprint density at radius 1 is 1.04 bits per heavy atom. The van der Waals surface area contributed by atoms with Crippen molar-refractivity contribution in [3.63, 3.8) is 0 Å². The van der Waals surface area contributed by atoms with Gasteiger partial charge in [-0.1, -0.05) is 27.7 Å². The van der Waals surface area contributed by atoms with E-state index >= 15 is 0 Å². The molecule has 0 fully saturated rings. The molecule has 1 aromatic rings. The van der Waals surface area contributed by atoms with Gasteiger partial charge in [-0.25, -0.2) is 8.42 Å². The largest absolute Gasteiger partial charge is 0.370 e. The lowest BCUT2D eigenvalue weighted by Crippen LogP contribution is -2.31. The smallest absolute Gasteiger partial charge is 0.243 e. The molecule has 0 saturated carbocycles. The molecule has 0 saturated heterocycles. The van der Waals surface area contributed by atoms with Gasteiger partial charge in [0.05, 0.1) is 16.3 Å². The number of hydrogen-bond donors (Lipinski definition) is 1. The van der Waals surface area contributed by atoms with Gasteiger partial charge in [0.1, 0.15) is 0 Å². The van der Waals surface area contributed by atoms with Gasteiger partial charge in [0.25, 0.3) is 0 Å². The van der Waals surface area contributed by atoms with Crippen molar-refractivity contribution in [3.05, 3.63) is 18.2 Å². The lowest BCUT2D eigenvalue weighted by atomic mass is 10.1. The molecule has 0 aliphatic rings. The molecule has 0 radical (unpaired) electrons. The van der Waals surface area contributed by atoms with Gasteiger partial charge in [-0.3, -0.25) is 4.79 Å². The third-order valence-corrected chi connectivity index (χ3v) is 6.33. The third-order valence-electron chi connectivity index (χ3n) is 4.28. The summed E-state index contributed by atoms with van der Waals surface area (Å²) in [6.07, 6.45) is 0.394. The van der Waals surface area contributed by atoms with Gasteiger partial charge in [0.15, 0.2) is 0 Å². The quantitative estimate of drug-likeness (QED) is 0.671. The predicted molar refractivity (Wildman–Crippen MR) is 108 cm³/mol. The Kier molecular flexibility index (Phi) is 8.56. The topological polar surface area (TPSA) is 69.7 Å². The van der Waals surface area contributed by atoms with Gasteiger partial charge in [-0.2, -0.15) is 4.31 Å². The Bertz CT molecular complexity index is 694. The van der Waals surface area contributed by atoms with Crippen molar-refractivity contribution in [2.45, 2.75) is 52.9 Å². The normalized spacial score (nSPS) is 11.8. The van der Waals surface area contributed by atoms with Crippen LogP contribution in [-0.2, 0) is 14.8 Å². The van der Waals surface area contributed by atoms with Crippen LogP contribution in [0.25, 0.3) is 0 Å². The molecule has 0 atom stereocenters. The van der Waals surface area contributed by atoms with E-state index in [0.717, 1.165) is 18.8 Å². The summed E-state index contributed by atoms with van der Waals surface area (Å²) < 4.78 is 27.1. The minimum absolute atomic E-state index is 0.106. The zero-order valence-corrected chi connectivity index (χ0v) is 17.7.